The van der Waals surface area contributed by atoms with Gasteiger partial charge < -0.3 is 14.7 Å². The predicted octanol–water partition coefficient (Wildman–Crippen LogP) is 2.45. The fourth-order valence-electron chi connectivity index (χ4n) is 4.45. The Kier molecular flexibility index (Phi) is 8.00. The number of ether oxygens (including phenoxy) is 1. The quantitative estimate of drug-likeness (QED) is 0.514. The van der Waals surface area contributed by atoms with Crippen LogP contribution in [0.4, 0.5) is 32.3 Å². The third-order valence-electron chi connectivity index (χ3n) is 6.62. The SMILES string of the molecule is C[C@H]1COCCN1C[C@H]1CN(S(=O)(=O)c2cccs2)CCN1c1ncc(C(O)(C(F)(F)F)C(F)(F)F)cn1. The zero-order valence-electron chi connectivity index (χ0n) is 20.0. The predicted molar refractivity (Wildman–Crippen MR) is 124 cm³/mol. The van der Waals surface area contributed by atoms with E-state index >= 15 is 0 Å². The van der Waals surface area contributed by atoms with E-state index in [2.05, 4.69) is 14.9 Å². The van der Waals surface area contributed by atoms with Crippen LogP contribution >= 0.6 is 11.3 Å². The summed E-state index contributed by atoms with van der Waals surface area (Å²) in [7, 11) is -3.81. The molecule has 0 aliphatic carbocycles. The molecule has 0 aromatic carbocycles. The van der Waals surface area contributed by atoms with Crippen LogP contribution in [-0.2, 0) is 20.4 Å². The van der Waals surface area contributed by atoms with Crippen molar-refractivity contribution in [3.05, 3.63) is 35.5 Å². The molecule has 0 unspecified atom stereocenters. The lowest BCUT2D eigenvalue weighted by Gasteiger charge is -2.44. The topological polar surface area (TPSA) is 99.1 Å². The molecule has 0 radical (unpaired) electrons. The molecule has 0 amide bonds. The van der Waals surface area contributed by atoms with Crippen molar-refractivity contribution in [3.63, 3.8) is 0 Å². The van der Waals surface area contributed by atoms with Crippen LogP contribution in [0.2, 0.25) is 0 Å². The minimum absolute atomic E-state index is 0.00442. The normalized spacial score (nSPS) is 23.1. The molecule has 38 heavy (non-hydrogen) atoms. The van der Waals surface area contributed by atoms with E-state index in [0.29, 0.717) is 38.7 Å². The van der Waals surface area contributed by atoms with Crippen LogP contribution in [0.5, 0.6) is 0 Å². The highest BCUT2D eigenvalue weighted by atomic mass is 32.2. The minimum Gasteiger partial charge on any atom is -0.379 e. The Bertz CT molecular complexity index is 1180. The smallest absolute Gasteiger partial charge is 0.379 e. The van der Waals surface area contributed by atoms with Gasteiger partial charge in [-0.2, -0.15) is 30.6 Å². The van der Waals surface area contributed by atoms with E-state index in [1.54, 1.807) is 16.3 Å². The van der Waals surface area contributed by atoms with Crippen LogP contribution in [0.15, 0.2) is 34.1 Å². The summed E-state index contributed by atoms with van der Waals surface area (Å²) in [6.45, 7) is 3.72. The Labute approximate surface area is 218 Å². The van der Waals surface area contributed by atoms with Gasteiger partial charge in [0.2, 0.25) is 5.95 Å². The van der Waals surface area contributed by atoms with Gasteiger partial charge in [-0.1, -0.05) is 6.07 Å². The van der Waals surface area contributed by atoms with Gasteiger partial charge in [-0.05, 0) is 18.4 Å². The number of aliphatic hydroxyl groups is 1. The summed E-state index contributed by atoms with van der Waals surface area (Å²) in [5.41, 5.74) is -6.72. The van der Waals surface area contributed by atoms with E-state index in [0.717, 1.165) is 11.3 Å². The average molecular weight is 590 g/mol. The molecule has 2 fully saturated rings. The first kappa shape index (κ1) is 28.9. The van der Waals surface area contributed by atoms with Crippen LogP contribution in [0.25, 0.3) is 0 Å². The largest absolute Gasteiger partial charge is 0.430 e. The van der Waals surface area contributed by atoms with Gasteiger partial charge in [0.05, 0.1) is 19.3 Å². The van der Waals surface area contributed by atoms with Gasteiger partial charge in [0, 0.05) is 56.7 Å². The van der Waals surface area contributed by atoms with Crippen molar-refractivity contribution in [1.29, 1.82) is 0 Å². The van der Waals surface area contributed by atoms with E-state index in [9.17, 15) is 39.9 Å². The Balaban J connectivity index is 1.64. The van der Waals surface area contributed by atoms with Gasteiger partial charge in [0.15, 0.2) is 0 Å². The maximum atomic E-state index is 13.3. The van der Waals surface area contributed by atoms with Gasteiger partial charge in [-0.25, -0.2) is 18.4 Å². The van der Waals surface area contributed by atoms with Gasteiger partial charge in [-0.3, -0.25) is 4.90 Å². The van der Waals surface area contributed by atoms with E-state index in [1.807, 2.05) is 6.92 Å². The molecule has 9 nitrogen and oxygen atoms in total. The molecule has 4 rings (SSSR count). The summed E-state index contributed by atoms with van der Waals surface area (Å²) < 4.78 is 113. The molecule has 17 heteroatoms. The molecule has 0 bridgehead atoms. The first-order valence-electron chi connectivity index (χ1n) is 11.5. The molecule has 0 saturated carbocycles. The van der Waals surface area contributed by atoms with Crippen LogP contribution < -0.4 is 4.90 Å². The highest BCUT2D eigenvalue weighted by Crippen LogP contribution is 2.49. The number of piperazine rings is 1. The van der Waals surface area contributed by atoms with Crippen molar-refractivity contribution in [2.24, 2.45) is 0 Å². The number of hydrogen-bond donors (Lipinski definition) is 1. The number of hydrogen-bond acceptors (Lipinski definition) is 9. The second-order valence-corrected chi connectivity index (χ2v) is 12.2. The van der Waals surface area contributed by atoms with Gasteiger partial charge in [0.1, 0.15) is 4.21 Å². The molecule has 2 saturated heterocycles. The first-order valence-corrected chi connectivity index (χ1v) is 13.8. The standard InChI is InChI=1S/C21H25F6N5O4S2/c1-14-13-36-7-6-30(14)11-16-12-31(38(34,35)17-3-2-8-37-17)4-5-32(16)18-28-9-15(10-29-18)19(33,20(22,23)24)21(25,26)27/h2-3,8-10,14,16,33H,4-7,11-13H2,1H3/t14-,16-/m0/s1. The van der Waals surface area contributed by atoms with Gasteiger partial charge >= 0.3 is 12.4 Å². The third-order valence-corrected chi connectivity index (χ3v) is 9.86. The first-order chi connectivity index (χ1) is 17.7. The maximum absolute atomic E-state index is 13.3. The molecular weight excluding hydrogens is 564 g/mol. The summed E-state index contributed by atoms with van der Waals surface area (Å²) in [6, 6.07) is 2.51. The zero-order chi connectivity index (χ0) is 27.9. The summed E-state index contributed by atoms with van der Waals surface area (Å²) in [5, 5.41) is 11.3. The molecule has 2 atom stereocenters. The summed E-state index contributed by atoms with van der Waals surface area (Å²) in [6.07, 6.45) is -11.5. The number of sulfonamides is 1. The number of rotatable bonds is 6. The van der Waals surface area contributed by atoms with E-state index < -0.39 is 39.6 Å². The fourth-order valence-corrected chi connectivity index (χ4v) is 7.06. The van der Waals surface area contributed by atoms with Crippen molar-refractivity contribution < 1.29 is 44.6 Å². The number of thiophene rings is 1. The van der Waals surface area contributed by atoms with E-state index in [4.69, 9.17) is 4.74 Å². The van der Waals surface area contributed by atoms with Crippen molar-refractivity contribution >= 4 is 27.3 Å². The second kappa shape index (κ2) is 10.5. The van der Waals surface area contributed by atoms with Crippen LogP contribution in [0.1, 0.15) is 12.5 Å². The lowest BCUT2D eigenvalue weighted by molar-refractivity contribution is -0.376. The van der Waals surface area contributed by atoms with Crippen LogP contribution in [-0.4, -0.2) is 103 Å². The Morgan fingerprint density at radius 3 is 2.32 bits per heavy atom. The molecule has 2 aromatic rings. The minimum atomic E-state index is -6.06. The number of nitrogens with zero attached hydrogens (tertiary/aromatic N) is 5. The molecule has 0 spiro atoms. The summed E-state index contributed by atoms with van der Waals surface area (Å²) in [5.74, 6) is -0.181. The zero-order valence-corrected chi connectivity index (χ0v) is 21.6. The summed E-state index contributed by atoms with van der Waals surface area (Å²) >= 11 is 1.06. The van der Waals surface area contributed by atoms with Crippen LogP contribution in [0.3, 0.4) is 0 Å². The number of aromatic nitrogens is 2. The average Bonchev–Trinajstić information content (AvgIpc) is 3.40. The Hall–Kier alpha value is -2.05. The number of halogens is 6. The lowest BCUT2D eigenvalue weighted by Crippen LogP contribution is -2.60. The van der Waals surface area contributed by atoms with Crippen molar-refractivity contribution in [2.45, 2.75) is 41.2 Å². The molecule has 2 aliphatic rings. The van der Waals surface area contributed by atoms with E-state index in [1.165, 1.54) is 10.4 Å². The molecule has 2 aliphatic heterocycles. The molecule has 1 N–H and O–H groups in total. The van der Waals surface area contributed by atoms with Gasteiger partial charge in [0.25, 0.3) is 15.6 Å². The highest BCUT2D eigenvalue weighted by Gasteiger charge is 2.71. The molecule has 2 aromatic heterocycles. The number of morpholine rings is 1. The summed E-state index contributed by atoms with van der Waals surface area (Å²) in [4.78, 5) is 11.1. The van der Waals surface area contributed by atoms with Gasteiger partial charge in [-0.15, -0.1) is 11.3 Å². The van der Waals surface area contributed by atoms with E-state index in [-0.39, 0.29) is 35.8 Å². The highest BCUT2D eigenvalue weighted by molar-refractivity contribution is 7.91. The molecule has 212 valence electrons. The third kappa shape index (κ3) is 5.36. The fraction of sp³-hybridized carbons (Fsp3) is 0.619. The second-order valence-electron chi connectivity index (χ2n) is 9.04. The number of anilines is 1. The number of alkyl halides is 6. The monoisotopic (exact) mass is 589 g/mol. The van der Waals surface area contributed by atoms with Crippen molar-refractivity contribution in [3.8, 4) is 0 Å². The Morgan fingerprint density at radius 2 is 1.76 bits per heavy atom. The molecular formula is C21H25F6N5O4S2. The maximum Gasteiger partial charge on any atom is 0.430 e. The van der Waals surface area contributed by atoms with Crippen molar-refractivity contribution in [2.75, 3.05) is 50.8 Å². The Morgan fingerprint density at radius 1 is 1.11 bits per heavy atom. The molecule has 4 heterocycles. The van der Waals surface area contributed by atoms with Crippen molar-refractivity contribution in [1.82, 2.24) is 19.2 Å². The van der Waals surface area contributed by atoms with Crippen LogP contribution in [0, 0.1) is 0 Å². The lowest BCUT2D eigenvalue weighted by atomic mass is 9.95.